The number of hydrogen-bond acceptors (Lipinski definition) is 2. The van der Waals surface area contributed by atoms with Gasteiger partial charge in [-0.1, -0.05) is 0 Å². The van der Waals surface area contributed by atoms with Crippen molar-refractivity contribution in [3.05, 3.63) is 0 Å². The standard InChI is InChI=1S/C10H18N2O.2ClH/c1-12-7-9(6-10(12)13)8-2-4-11-5-3-8;;/h8-9,11H,2-7H2,1H3;2*1H. The molecule has 3 nitrogen and oxygen atoms in total. The van der Waals surface area contributed by atoms with E-state index in [-0.39, 0.29) is 24.8 Å². The Morgan fingerprint density at radius 1 is 1.20 bits per heavy atom. The highest BCUT2D eigenvalue weighted by atomic mass is 35.5. The molecule has 2 aliphatic heterocycles. The van der Waals surface area contributed by atoms with E-state index in [1.807, 2.05) is 11.9 Å². The predicted molar refractivity (Wildman–Crippen MR) is 65.8 cm³/mol. The minimum absolute atomic E-state index is 0. The van der Waals surface area contributed by atoms with E-state index >= 15 is 0 Å². The number of piperidine rings is 1. The van der Waals surface area contributed by atoms with Crippen LogP contribution in [0.25, 0.3) is 0 Å². The molecule has 0 aromatic carbocycles. The van der Waals surface area contributed by atoms with Crippen molar-refractivity contribution < 1.29 is 4.79 Å². The first-order valence-corrected chi connectivity index (χ1v) is 5.22. The maximum Gasteiger partial charge on any atom is 0.222 e. The Balaban J connectivity index is 0.000000980. The average Bonchev–Trinajstić information content (AvgIpc) is 2.49. The van der Waals surface area contributed by atoms with E-state index in [1.54, 1.807) is 0 Å². The van der Waals surface area contributed by atoms with Crippen LogP contribution in [0.1, 0.15) is 19.3 Å². The van der Waals surface area contributed by atoms with Crippen molar-refractivity contribution in [2.75, 3.05) is 26.7 Å². The van der Waals surface area contributed by atoms with Crippen LogP contribution in [-0.4, -0.2) is 37.5 Å². The third kappa shape index (κ3) is 3.51. The van der Waals surface area contributed by atoms with Gasteiger partial charge in [0.05, 0.1) is 0 Å². The van der Waals surface area contributed by atoms with Crippen LogP contribution in [0.2, 0.25) is 0 Å². The van der Waals surface area contributed by atoms with Gasteiger partial charge in [-0.15, -0.1) is 24.8 Å². The zero-order chi connectivity index (χ0) is 9.26. The third-order valence-electron chi connectivity index (χ3n) is 3.42. The van der Waals surface area contributed by atoms with Gasteiger partial charge in [0.1, 0.15) is 0 Å². The molecule has 0 radical (unpaired) electrons. The average molecular weight is 255 g/mol. The lowest BCUT2D eigenvalue weighted by atomic mass is 9.84. The Bertz CT molecular complexity index is 208. The molecule has 0 bridgehead atoms. The van der Waals surface area contributed by atoms with Gasteiger partial charge >= 0.3 is 0 Å². The molecular formula is C10H20Cl2N2O. The Morgan fingerprint density at radius 2 is 1.80 bits per heavy atom. The Hall–Kier alpha value is 0.01000. The highest BCUT2D eigenvalue weighted by Crippen LogP contribution is 2.29. The number of nitrogens with one attached hydrogen (secondary N) is 1. The van der Waals surface area contributed by atoms with Crippen molar-refractivity contribution in [1.29, 1.82) is 0 Å². The third-order valence-corrected chi connectivity index (χ3v) is 3.42. The molecule has 1 atom stereocenters. The second kappa shape index (κ2) is 6.56. The zero-order valence-electron chi connectivity index (χ0n) is 9.07. The molecule has 0 aromatic rings. The molecule has 0 aliphatic carbocycles. The van der Waals surface area contributed by atoms with Gasteiger partial charge in [-0.25, -0.2) is 0 Å². The fourth-order valence-electron chi connectivity index (χ4n) is 2.53. The van der Waals surface area contributed by atoms with Gasteiger partial charge in [0.15, 0.2) is 0 Å². The lowest BCUT2D eigenvalue weighted by Gasteiger charge is -2.27. The van der Waals surface area contributed by atoms with E-state index in [0.717, 1.165) is 32.0 Å². The van der Waals surface area contributed by atoms with Crippen molar-refractivity contribution in [2.45, 2.75) is 19.3 Å². The molecule has 2 saturated heterocycles. The summed E-state index contributed by atoms with van der Waals surface area (Å²) in [5.41, 5.74) is 0. The molecule has 2 fully saturated rings. The number of nitrogens with zero attached hydrogens (tertiary/aromatic N) is 1. The van der Waals surface area contributed by atoms with E-state index in [2.05, 4.69) is 5.32 Å². The summed E-state index contributed by atoms with van der Waals surface area (Å²) in [6.07, 6.45) is 3.30. The molecule has 0 spiro atoms. The first kappa shape index (κ1) is 15.0. The van der Waals surface area contributed by atoms with Crippen LogP contribution in [-0.2, 0) is 4.79 Å². The van der Waals surface area contributed by atoms with Crippen LogP contribution in [0, 0.1) is 11.8 Å². The van der Waals surface area contributed by atoms with Crippen LogP contribution in [0.5, 0.6) is 0 Å². The topological polar surface area (TPSA) is 32.3 Å². The summed E-state index contributed by atoms with van der Waals surface area (Å²) >= 11 is 0. The van der Waals surface area contributed by atoms with Gasteiger partial charge in [-0.2, -0.15) is 0 Å². The first-order chi connectivity index (χ1) is 6.27. The van der Waals surface area contributed by atoms with Crippen LogP contribution in [0.15, 0.2) is 0 Å². The SMILES string of the molecule is CN1CC(C2CCNCC2)CC1=O.Cl.Cl. The summed E-state index contributed by atoms with van der Waals surface area (Å²) in [4.78, 5) is 13.2. The smallest absolute Gasteiger partial charge is 0.222 e. The van der Waals surface area contributed by atoms with Crippen LogP contribution in [0.4, 0.5) is 0 Å². The minimum atomic E-state index is 0. The second-order valence-electron chi connectivity index (χ2n) is 4.33. The number of likely N-dealkylation sites (tertiary alicyclic amines) is 1. The molecule has 0 aromatic heterocycles. The Labute approximate surface area is 104 Å². The quantitative estimate of drug-likeness (QED) is 0.766. The first-order valence-electron chi connectivity index (χ1n) is 5.22. The van der Waals surface area contributed by atoms with Crippen molar-refractivity contribution in [3.8, 4) is 0 Å². The Morgan fingerprint density at radius 3 is 2.27 bits per heavy atom. The van der Waals surface area contributed by atoms with Crippen LogP contribution >= 0.6 is 24.8 Å². The summed E-state index contributed by atoms with van der Waals surface area (Å²) in [6, 6.07) is 0. The maximum atomic E-state index is 11.3. The van der Waals surface area contributed by atoms with Crippen molar-refractivity contribution in [3.63, 3.8) is 0 Å². The van der Waals surface area contributed by atoms with Crippen LogP contribution < -0.4 is 5.32 Å². The maximum absolute atomic E-state index is 11.3. The fourth-order valence-corrected chi connectivity index (χ4v) is 2.53. The van der Waals surface area contributed by atoms with Crippen molar-refractivity contribution in [2.24, 2.45) is 11.8 Å². The molecule has 90 valence electrons. The molecule has 0 saturated carbocycles. The molecule has 2 heterocycles. The number of rotatable bonds is 1. The largest absolute Gasteiger partial charge is 0.345 e. The molecule has 1 unspecified atom stereocenters. The van der Waals surface area contributed by atoms with E-state index in [0.29, 0.717) is 11.8 Å². The predicted octanol–water partition coefficient (Wildman–Crippen LogP) is 1.31. The molecule has 2 rings (SSSR count). The zero-order valence-corrected chi connectivity index (χ0v) is 10.7. The van der Waals surface area contributed by atoms with Crippen LogP contribution in [0.3, 0.4) is 0 Å². The van der Waals surface area contributed by atoms with Crippen molar-refractivity contribution >= 4 is 30.7 Å². The highest BCUT2D eigenvalue weighted by Gasteiger charge is 2.33. The lowest BCUT2D eigenvalue weighted by molar-refractivity contribution is -0.126. The minimum Gasteiger partial charge on any atom is -0.345 e. The number of carbonyl (C=O) groups is 1. The molecule has 1 N–H and O–H groups in total. The van der Waals surface area contributed by atoms with Gasteiger partial charge in [0, 0.05) is 20.0 Å². The molecular weight excluding hydrogens is 235 g/mol. The number of halogens is 2. The summed E-state index contributed by atoms with van der Waals surface area (Å²) in [5.74, 6) is 1.76. The van der Waals surface area contributed by atoms with E-state index in [4.69, 9.17) is 0 Å². The van der Waals surface area contributed by atoms with Gasteiger partial charge in [0.2, 0.25) is 5.91 Å². The van der Waals surface area contributed by atoms with Gasteiger partial charge in [-0.05, 0) is 37.8 Å². The summed E-state index contributed by atoms with van der Waals surface area (Å²) < 4.78 is 0. The second-order valence-corrected chi connectivity index (χ2v) is 4.33. The summed E-state index contributed by atoms with van der Waals surface area (Å²) in [6.45, 7) is 3.27. The normalized spacial score (nSPS) is 27.1. The Kier molecular flexibility index (Phi) is 6.57. The van der Waals surface area contributed by atoms with Gasteiger partial charge < -0.3 is 10.2 Å². The molecule has 5 heteroatoms. The van der Waals surface area contributed by atoms with E-state index < -0.39 is 0 Å². The number of amides is 1. The molecule has 1 amide bonds. The summed E-state index contributed by atoms with van der Waals surface area (Å²) in [7, 11) is 1.92. The monoisotopic (exact) mass is 254 g/mol. The number of hydrogen-bond donors (Lipinski definition) is 1. The van der Waals surface area contributed by atoms with E-state index in [1.165, 1.54) is 12.8 Å². The molecule has 15 heavy (non-hydrogen) atoms. The van der Waals surface area contributed by atoms with Gasteiger partial charge in [-0.3, -0.25) is 4.79 Å². The summed E-state index contributed by atoms with van der Waals surface area (Å²) in [5, 5.41) is 3.36. The van der Waals surface area contributed by atoms with Gasteiger partial charge in [0.25, 0.3) is 0 Å². The molecule has 2 aliphatic rings. The lowest BCUT2D eigenvalue weighted by Crippen LogP contribution is -2.32. The fraction of sp³-hybridized carbons (Fsp3) is 0.900. The van der Waals surface area contributed by atoms with Crippen molar-refractivity contribution in [1.82, 2.24) is 10.2 Å². The highest BCUT2D eigenvalue weighted by molar-refractivity contribution is 5.85. The van der Waals surface area contributed by atoms with E-state index in [9.17, 15) is 4.79 Å². The number of carbonyl (C=O) groups excluding carboxylic acids is 1.